The molecule has 0 amide bonds. The lowest BCUT2D eigenvalue weighted by molar-refractivity contribution is 0.0716. The van der Waals surface area contributed by atoms with Gasteiger partial charge in [-0.05, 0) is 59.3 Å². The van der Waals surface area contributed by atoms with E-state index in [0.29, 0.717) is 11.3 Å². The molecule has 0 spiro atoms. The number of ether oxygens (including phenoxy) is 1. The van der Waals surface area contributed by atoms with Crippen molar-refractivity contribution in [1.82, 2.24) is 9.55 Å². The monoisotopic (exact) mass is 591 g/mol. The number of hydrogen-bond donors (Lipinski definition) is 1. The van der Waals surface area contributed by atoms with Gasteiger partial charge in [-0.15, -0.1) is 0 Å². The Hall–Kier alpha value is -3.29. The van der Waals surface area contributed by atoms with Crippen LogP contribution in [-0.2, 0) is 7.05 Å². The van der Waals surface area contributed by atoms with Crippen molar-refractivity contribution in [1.29, 1.82) is 0 Å². The molecule has 0 aliphatic heterocycles. The molecule has 0 aliphatic rings. The molecule has 0 unspecified atom stereocenters. The van der Waals surface area contributed by atoms with Crippen molar-refractivity contribution in [2.75, 3.05) is 5.32 Å². The quantitative estimate of drug-likeness (QED) is 0.0758. The van der Waals surface area contributed by atoms with Crippen molar-refractivity contribution in [3.63, 3.8) is 0 Å². The molecule has 5 nitrogen and oxygen atoms in total. The van der Waals surface area contributed by atoms with E-state index in [1.807, 2.05) is 0 Å². The molecule has 34 heavy (non-hydrogen) atoms. The molecule has 0 atom stereocenters. The molecule has 4 aromatic rings. The highest BCUT2D eigenvalue weighted by molar-refractivity contribution is 14.1. The first-order valence-electron chi connectivity index (χ1n) is 9.41. The van der Waals surface area contributed by atoms with Crippen molar-refractivity contribution >= 4 is 51.0 Å². The van der Waals surface area contributed by atoms with Gasteiger partial charge in [0.05, 0.1) is 23.1 Å². The summed E-state index contributed by atoms with van der Waals surface area (Å²) in [4.78, 5) is 16.8. The normalized spacial score (nSPS) is 11.2. The zero-order valence-electron chi connectivity index (χ0n) is 17.2. The molecule has 0 aliphatic carbocycles. The Balaban J connectivity index is 1.87. The first kappa shape index (κ1) is 23.9. The highest BCUT2D eigenvalue weighted by Crippen LogP contribution is 2.34. The zero-order chi connectivity index (χ0) is 24.9. The van der Waals surface area contributed by atoms with Gasteiger partial charge in [0.25, 0.3) is 0 Å². The second-order valence-corrected chi connectivity index (χ2v) is 8.45. The number of aromatic nitrogens is 2. The lowest BCUT2D eigenvalue weighted by atomic mass is 10.1. The molecule has 0 bridgehead atoms. The van der Waals surface area contributed by atoms with Gasteiger partial charge in [0, 0.05) is 16.3 Å². The molecular weight excluding hydrogens is 579 g/mol. The predicted molar refractivity (Wildman–Crippen MR) is 119 cm³/mol. The number of anilines is 2. The summed E-state index contributed by atoms with van der Waals surface area (Å²) in [6.45, 7) is 1.72. The highest BCUT2D eigenvalue weighted by Gasteiger charge is 2.30. The van der Waals surface area contributed by atoms with Crippen molar-refractivity contribution in [2.24, 2.45) is 7.05 Å². The largest absolute Gasteiger partial charge is 0.416 e. The lowest BCUT2D eigenvalue weighted by Crippen LogP contribution is -2.16. The van der Waals surface area contributed by atoms with E-state index in [0.717, 1.165) is 9.64 Å². The number of aryl methyl sites for hydroxylation is 2. The van der Waals surface area contributed by atoms with Gasteiger partial charge < -0.3 is 14.6 Å². The number of fused-ring (bicyclic) bond motifs is 1. The minimum atomic E-state index is -2.41. The van der Waals surface area contributed by atoms with Crippen LogP contribution in [0.4, 0.5) is 37.7 Å². The number of esters is 1. The number of rotatable bonds is 4. The zero-order valence-corrected chi connectivity index (χ0v) is 19.4. The van der Waals surface area contributed by atoms with E-state index in [-0.39, 0.29) is 11.0 Å². The van der Waals surface area contributed by atoms with Crippen LogP contribution in [0.15, 0.2) is 30.6 Å². The SMILES string of the molecule is Cc1cc(I)ccc1Nc1c(C(=O)Oc2c(F)c(F)c(F)c(F)c2F)cc2c(ncn2C)c1F. The first-order valence-corrected chi connectivity index (χ1v) is 10.5. The fraction of sp³-hybridized carbons (Fsp3) is 0.0909. The van der Waals surface area contributed by atoms with Crippen molar-refractivity contribution in [3.05, 3.63) is 80.2 Å². The Kier molecular flexibility index (Phi) is 6.18. The number of carbonyl (C=O) groups excluding carboxylic acids is 1. The van der Waals surface area contributed by atoms with E-state index in [1.54, 1.807) is 25.1 Å². The van der Waals surface area contributed by atoms with Crippen molar-refractivity contribution in [2.45, 2.75) is 6.92 Å². The molecule has 12 heteroatoms. The van der Waals surface area contributed by atoms with Crippen molar-refractivity contribution in [3.8, 4) is 5.75 Å². The summed E-state index contributed by atoms with van der Waals surface area (Å²) >= 11 is 2.07. The standard InChI is InChI=1S/C22H12F6IN3O2/c1-8-5-9(29)3-4-11(8)31-19-10(6-12-20(18(19)28)30-7-32(12)2)22(33)34-21-16(26)14(24)13(23)15(25)17(21)27/h3-7,31H,1-2H3. The summed E-state index contributed by atoms with van der Waals surface area (Å²) < 4.78 is 90.8. The summed E-state index contributed by atoms with van der Waals surface area (Å²) in [5.41, 5.74) is 0.0407. The number of benzene rings is 3. The van der Waals surface area contributed by atoms with Gasteiger partial charge in [-0.2, -0.15) is 8.78 Å². The summed E-state index contributed by atoms with van der Waals surface area (Å²) in [5, 5.41) is 2.74. The molecule has 1 aromatic heterocycles. The van der Waals surface area contributed by atoms with Gasteiger partial charge in [-0.1, -0.05) is 0 Å². The molecule has 1 N–H and O–H groups in total. The first-order chi connectivity index (χ1) is 16.0. The van der Waals surface area contributed by atoms with Crippen LogP contribution in [0.25, 0.3) is 11.0 Å². The average Bonchev–Trinajstić information content (AvgIpc) is 3.17. The van der Waals surface area contributed by atoms with Crippen LogP contribution in [0.3, 0.4) is 0 Å². The van der Waals surface area contributed by atoms with Gasteiger partial charge in [0.15, 0.2) is 5.82 Å². The number of halogens is 7. The number of imidazole rings is 1. The summed E-state index contributed by atoms with van der Waals surface area (Å²) in [5.74, 6) is -16.0. The van der Waals surface area contributed by atoms with E-state index < -0.39 is 57.9 Å². The second-order valence-electron chi connectivity index (χ2n) is 7.21. The van der Waals surface area contributed by atoms with Crippen LogP contribution in [0.1, 0.15) is 15.9 Å². The van der Waals surface area contributed by atoms with Gasteiger partial charge in [-0.25, -0.2) is 27.3 Å². The molecular formula is C22H12F6IN3O2. The maximum Gasteiger partial charge on any atom is 0.346 e. The Morgan fingerprint density at radius 2 is 1.59 bits per heavy atom. The lowest BCUT2D eigenvalue weighted by Gasteiger charge is -2.16. The summed E-state index contributed by atoms with van der Waals surface area (Å²) in [6.07, 6.45) is 1.27. The fourth-order valence-corrected chi connectivity index (χ4v) is 3.88. The molecule has 176 valence electrons. The molecule has 0 saturated carbocycles. The van der Waals surface area contributed by atoms with Crippen LogP contribution in [0, 0.1) is 45.4 Å². The number of nitrogens with one attached hydrogen (secondary N) is 1. The van der Waals surface area contributed by atoms with Crippen LogP contribution >= 0.6 is 22.6 Å². The Bertz CT molecular complexity index is 1460. The Morgan fingerprint density at radius 1 is 0.971 bits per heavy atom. The molecule has 3 aromatic carbocycles. The number of nitrogens with zero attached hydrogens (tertiary/aromatic N) is 2. The van der Waals surface area contributed by atoms with E-state index >= 15 is 4.39 Å². The van der Waals surface area contributed by atoms with Crippen LogP contribution < -0.4 is 10.1 Å². The number of carbonyl (C=O) groups is 1. The maximum absolute atomic E-state index is 15.4. The molecule has 0 fully saturated rings. The summed E-state index contributed by atoms with van der Waals surface area (Å²) in [7, 11) is 1.50. The van der Waals surface area contributed by atoms with E-state index in [9.17, 15) is 26.7 Å². The second kappa shape index (κ2) is 8.81. The van der Waals surface area contributed by atoms with Crippen LogP contribution in [-0.4, -0.2) is 15.5 Å². The van der Waals surface area contributed by atoms with Gasteiger partial charge in [0.1, 0.15) is 5.52 Å². The Morgan fingerprint density at radius 3 is 2.21 bits per heavy atom. The third kappa shape index (κ3) is 3.95. The van der Waals surface area contributed by atoms with Gasteiger partial charge in [0.2, 0.25) is 34.8 Å². The Labute approximate surface area is 201 Å². The summed E-state index contributed by atoms with van der Waals surface area (Å²) in [6, 6.07) is 6.22. The molecule has 0 radical (unpaired) electrons. The maximum atomic E-state index is 15.4. The minimum Gasteiger partial charge on any atom is -0.416 e. The third-order valence-corrected chi connectivity index (χ3v) is 5.66. The topological polar surface area (TPSA) is 56.1 Å². The van der Waals surface area contributed by atoms with Crippen LogP contribution in [0.2, 0.25) is 0 Å². The van der Waals surface area contributed by atoms with Crippen LogP contribution in [0.5, 0.6) is 5.75 Å². The molecule has 4 rings (SSSR count). The number of hydrogen-bond acceptors (Lipinski definition) is 4. The van der Waals surface area contributed by atoms with Crippen molar-refractivity contribution < 1.29 is 35.9 Å². The average molecular weight is 591 g/mol. The minimum absolute atomic E-state index is 0.117. The van der Waals surface area contributed by atoms with E-state index in [4.69, 9.17) is 0 Å². The van der Waals surface area contributed by atoms with Gasteiger partial charge >= 0.3 is 5.97 Å². The van der Waals surface area contributed by atoms with Gasteiger partial charge in [-0.3, -0.25) is 0 Å². The fourth-order valence-electron chi connectivity index (χ4n) is 3.23. The third-order valence-electron chi connectivity index (χ3n) is 4.99. The highest BCUT2D eigenvalue weighted by atomic mass is 127. The predicted octanol–water partition coefficient (Wildman–Crippen LogP) is 6.28. The smallest absolute Gasteiger partial charge is 0.346 e. The molecule has 0 saturated heterocycles. The van der Waals surface area contributed by atoms with E-state index in [2.05, 4.69) is 37.6 Å². The molecule has 1 heterocycles. The van der Waals surface area contributed by atoms with E-state index in [1.165, 1.54) is 17.9 Å².